The van der Waals surface area contributed by atoms with Gasteiger partial charge in [-0.25, -0.2) is 9.18 Å². The van der Waals surface area contributed by atoms with Crippen molar-refractivity contribution in [1.29, 1.82) is 0 Å². The monoisotopic (exact) mass is 332 g/mol. The molecule has 0 aromatic heterocycles. The summed E-state index contributed by atoms with van der Waals surface area (Å²) in [5, 5.41) is 9.03. The fourth-order valence-corrected chi connectivity index (χ4v) is 2.56. The smallest absolute Gasteiger partial charge is 0.478 e. The van der Waals surface area contributed by atoms with E-state index in [0.29, 0.717) is 4.90 Å². The van der Waals surface area contributed by atoms with Crippen molar-refractivity contribution in [3.63, 3.8) is 0 Å². The van der Waals surface area contributed by atoms with Crippen LogP contribution in [0.1, 0.15) is 10.4 Å². The summed E-state index contributed by atoms with van der Waals surface area (Å²) in [5.74, 6) is -2.22. The van der Waals surface area contributed by atoms with Gasteiger partial charge in [-0.15, -0.1) is 13.2 Å². The van der Waals surface area contributed by atoms with Crippen molar-refractivity contribution in [3.8, 4) is 5.75 Å². The second-order valence-electron chi connectivity index (χ2n) is 4.07. The molecule has 22 heavy (non-hydrogen) atoms. The van der Waals surface area contributed by atoms with E-state index in [1.165, 1.54) is 12.1 Å². The largest absolute Gasteiger partial charge is 0.573 e. The number of aromatic carboxylic acids is 1. The maximum atomic E-state index is 13.2. The Morgan fingerprint density at radius 2 is 1.73 bits per heavy atom. The van der Waals surface area contributed by atoms with Crippen LogP contribution in [0.4, 0.5) is 17.6 Å². The molecular formula is C14H8F4O3S. The Balaban J connectivity index is 2.21. The maximum Gasteiger partial charge on any atom is 0.573 e. The summed E-state index contributed by atoms with van der Waals surface area (Å²) in [7, 11) is 0. The van der Waals surface area contributed by atoms with Gasteiger partial charge in [0.05, 0.1) is 5.56 Å². The highest BCUT2D eigenvalue weighted by molar-refractivity contribution is 7.99. The highest BCUT2D eigenvalue weighted by atomic mass is 32.2. The summed E-state index contributed by atoms with van der Waals surface area (Å²) >= 11 is 0.926. The molecule has 0 heterocycles. The fraction of sp³-hybridized carbons (Fsp3) is 0.0714. The van der Waals surface area contributed by atoms with Crippen LogP contribution in [-0.4, -0.2) is 17.4 Å². The van der Waals surface area contributed by atoms with Crippen LogP contribution >= 0.6 is 11.8 Å². The molecule has 0 saturated carbocycles. The minimum absolute atomic E-state index is 0.0954. The van der Waals surface area contributed by atoms with E-state index in [0.717, 1.165) is 42.1 Å². The first-order valence-corrected chi connectivity index (χ1v) is 6.63. The topological polar surface area (TPSA) is 46.5 Å². The minimum atomic E-state index is -4.78. The molecule has 8 heteroatoms. The molecule has 116 valence electrons. The van der Waals surface area contributed by atoms with Gasteiger partial charge in [-0.1, -0.05) is 11.8 Å². The van der Waals surface area contributed by atoms with Crippen molar-refractivity contribution < 1.29 is 32.2 Å². The van der Waals surface area contributed by atoms with Crippen LogP contribution in [0.2, 0.25) is 0 Å². The Labute approximate surface area is 126 Å². The Bertz CT molecular complexity index is 683. The third-order valence-electron chi connectivity index (χ3n) is 2.46. The van der Waals surface area contributed by atoms with Crippen molar-refractivity contribution in [2.45, 2.75) is 16.2 Å². The predicted molar refractivity (Wildman–Crippen MR) is 70.6 cm³/mol. The zero-order valence-corrected chi connectivity index (χ0v) is 11.5. The van der Waals surface area contributed by atoms with Crippen LogP contribution in [0.5, 0.6) is 5.75 Å². The molecule has 0 spiro atoms. The average molecular weight is 332 g/mol. The second-order valence-corrected chi connectivity index (χ2v) is 5.18. The van der Waals surface area contributed by atoms with Crippen molar-refractivity contribution in [1.82, 2.24) is 0 Å². The Kier molecular flexibility index (Phi) is 4.60. The van der Waals surface area contributed by atoms with E-state index in [4.69, 9.17) is 5.11 Å². The number of hydrogen-bond acceptors (Lipinski definition) is 3. The summed E-state index contributed by atoms with van der Waals surface area (Å²) in [5.41, 5.74) is -0.0954. The van der Waals surface area contributed by atoms with Gasteiger partial charge >= 0.3 is 12.3 Å². The summed E-state index contributed by atoms with van der Waals surface area (Å²) in [6, 6.07) is 8.03. The highest BCUT2D eigenvalue weighted by Gasteiger charge is 2.30. The average Bonchev–Trinajstić information content (AvgIpc) is 2.39. The number of benzene rings is 2. The van der Waals surface area contributed by atoms with Crippen LogP contribution in [0, 0.1) is 5.82 Å². The van der Waals surface area contributed by atoms with Gasteiger partial charge in [0.25, 0.3) is 0 Å². The van der Waals surface area contributed by atoms with Crippen LogP contribution in [0.15, 0.2) is 52.3 Å². The van der Waals surface area contributed by atoms with Crippen molar-refractivity contribution in [3.05, 3.63) is 53.8 Å². The number of rotatable bonds is 4. The quantitative estimate of drug-likeness (QED) is 0.833. The van der Waals surface area contributed by atoms with Crippen molar-refractivity contribution in [2.24, 2.45) is 0 Å². The van der Waals surface area contributed by atoms with E-state index in [1.807, 2.05) is 0 Å². The molecule has 0 bridgehead atoms. The van der Waals surface area contributed by atoms with Crippen molar-refractivity contribution >= 4 is 17.7 Å². The van der Waals surface area contributed by atoms with Crippen LogP contribution in [0.3, 0.4) is 0 Å². The molecule has 0 atom stereocenters. The molecule has 0 amide bonds. The Morgan fingerprint density at radius 1 is 1.09 bits per heavy atom. The van der Waals surface area contributed by atoms with E-state index in [9.17, 15) is 22.4 Å². The Morgan fingerprint density at radius 3 is 2.27 bits per heavy atom. The number of carboxylic acid groups (broad SMARTS) is 1. The Hall–Kier alpha value is -2.22. The number of ether oxygens (including phenoxy) is 1. The molecule has 0 aliphatic carbocycles. The first-order chi connectivity index (χ1) is 10.2. The number of alkyl halides is 3. The molecule has 0 radical (unpaired) electrons. The van der Waals surface area contributed by atoms with Gasteiger partial charge in [0.15, 0.2) is 0 Å². The fourth-order valence-electron chi connectivity index (χ4n) is 1.59. The zero-order valence-electron chi connectivity index (χ0n) is 10.7. The molecule has 2 aromatic rings. The van der Waals surface area contributed by atoms with E-state index in [2.05, 4.69) is 4.74 Å². The van der Waals surface area contributed by atoms with Gasteiger partial charge in [0.1, 0.15) is 11.6 Å². The zero-order chi connectivity index (χ0) is 16.3. The standard InChI is InChI=1S/C14H8F4O3S/c15-8-1-6-11(13(19)20)12(7-8)22-10-4-2-9(3-5-10)21-14(16,17)18/h1-7H,(H,19,20). The summed E-state index contributed by atoms with van der Waals surface area (Å²) in [6.07, 6.45) is -4.78. The lowest BCUT2D eigenvalue weighted by atomic mass is 10.2. The molecule has 0 unspecified atom stereocenters. The first kappa shape index (κ1) is 16.2. The van der Waals surface area contributed by atoms with E-state index in [1.54, 1.807) is 0 Å². The molecule has 3 nitrogen and oxygen atoms in total. The molecule has 1 N–H and O–H groups in total. The van der Waals surface area contributed by atoms with E-state index >= 15 is 0 Å². The first-order valence-electron chi connectivity index (χ1n) is 5.81. The van der Waals surface area contributed by atoms with Gasteiger partial charge in [-0.3, -0.25) is 0 Å². The van der Waals surface area contributed by atoms with Gasteiger partial charge < -0.3 is 9.84 Å². The number of hydrogen-bond donors (Lipinski definition) is 1. The minimum Gasteiger partial charge on any atom is -0.478 e. The second kappa shape index (κ2) is 6.27. The van der Waals surface area contributed by atoms with Crippen molar-refractivity contribution in [2.75, 3.05) is 0 Å². The van der Waals surface area contributed by atoms with Gasteiger partial charge in [-0.2, -0.15) is 0 Å². The lowest BCUT2D eigenvalue weighted by Gasteiger charge is -2.10. The highest BCUT2D eigenvalue weighted by Crippen LogP contribution is 2.33. The van der Waals surface area contributed by atoms with Gasteiger partial charge in [0.2, 0.25) is 0 Å². The molecular weight excluding hydrogens is 324 g/mol. The number of carbonyl (C=O) groups is 1. The maximum absolute atomic E-state index is 13.2. The summed E-state index contributed by atoms with van der Waals surface area (Å²) in [6.45, 7) is 0. The summed E-state index contributed by atoms with van der Waals surface area (Å²) < 4.78 is 53.1. The molecule has 0 aliphatic heterocycles. The van der Waals surface area contributed by atoms with Crippen LogP contribution in [-0.2, 0) is 0 Å². The van der Waals surface area contributed by atoms with E-state index < -0.39 is 23.9 Å². The lowest BCUT2D eigenvalue weighted by Crippen LogP contribution is -2.16. The SMILES string of the molecule is O=C(O)c1ccc(F)cc1Sc1ccc(OC(F)(F)F)cc1. The van der Waals surface area contributed by atoms with Gasteiger partial charge in [-0.05, 0) is 42.5 Å². The predicted octanol–water partition coefficient (Wildman–Crippen LogP) is 4.57. The third kappa shape index (κ3) is 4.39. The molecule has 2 rings (SSSR count). The summed E-state index contributed by atoms with van der Waals surface area (Å²) in [4.78, 5) is 11.7. The van der Waals surface area contributed by atoms with Gasteiger partial charge in [0, 0.05) is 9.79 Å². The number of carboxylic acids is 1. The normalized spacial score (nSPS) is 11.3. The van der Waals surface area contributed by atoms with Crippen LogP contribution < -0.4 is 4.74 Å². The third-order valence-corrected chi connectivity index (χ3v) is 3.52. The molecule has 2 aromatic carbocycles. The number of halogens is 4. The lowest BCUT2D eigenvalue weighted by molar-refractivity contribution is -0.274. The van der Waals surface area contributed by atoms with Crippen LogP contribution in [0.25, 0.3) is 0 Å². The van der Waals surface area contributed by atoms with E-state index in [-0.39, 0.29) is 10.5 Å². The molecule has 0 aliphatic rings. The molecule has 0 saturated heterocycles. The molecule has 0 fully saturated rings.